The molecule has 3 atom stereocenters. The van der Waals surface area contributed by atoms with Crippen LogP contribution in [0.2, 0.25) is 0 Å². The van der Waals surface area contributed by atoms with Crippen LogP contribution in [0.3, 0.4) is 0 Å². The van der Waals surface area contributed by atoms with Gasteiger partial charge in [-0.05, 0) is 38.1 Å². The van der Waals surface area contributed by atoms with Gasteiger partial charge in [-0.2, -0.15) is 0 Å². The van der Waals surface area contributed by atoms with E-state index in [1.807, 2.05) is 12.4 Å². The van der Waals surface area contributed by atoms with Crippen LogP contribution in [0.5, 0.6) is 0 Å². The van der Waals surface area contributed by atoms with Crippen LogP contribution in [-0.4, -0.2) is 29.1 Å². The first-order chi connectivity index (χ1) is 9.61. The van der Waals surface area contributed by atoms with Gasteiger partial charge in [0.2, 0.25) is 0 Å². The number of anilines is 1. The van der Waals surface area contributed by atoms with Gasteiger partial charge in [0.05, 0.1) is 18.1 Å². The first kappa shape index (κ1) is 15.2. The van der Waals surface area contributed by atoms with Crippen LogP contribution in [0.1, 0.15) is 46.2 Å². The van der Waals surface area contributed by atoms with Gasteiger partial charge in [0.15, 0.2) is 0 Å². The molecule has 1 aromatic rings. The average molecular weight is 276 g/mol. The van der Waals surface area contributed by atoms with E-state index in [0.29, 0.717) is 12.0 Å². The Morgan fingerprint density at radius 2 is 2.05 bits per heavy atom. The fourth-order valence-corrected chi connectivity index (χ4v) is 3.00. The summed E-state index contributed by atoms with van der Waals surface area (Å²) < 4.78 is 0. The zero-order chi connectivity index (χ0) is 14.5. The molecule has 1 aliphatic rings. The highest BCUT2D eigenvalue weighted by Crippen LogP contribution is 2.29. The molecule has 0 aromatic carbocycles. The fourth-order valence-electron chi connectivity index (χ4n) is 3.00. The number of hydrogen-bond donors (Lipinski definition) is 1. The van der Waals surface area contributed by atoms with E-state index in [2.05, 4.69) is 47.9 Å². The van der Waals surface area contributed by atoms with Crippen molar-refractivity contribution in [2.75, 3.05) is 18.0 Å². The van der Waals surface area contributed by atoms with E-state index in [4.69, 9.17) is 0 Å². The maximum atomic E-state index is 4.62. The molecule has 0 saturated carbocycles. The minimum absolute atomic E-state index is 0.546. The van der Waals surface area contributed by atoms with Gasteiger partial charge < -0.3 is 10.2 Å². The second-order valence-electron chi connectivity index (χ2n) is 6.25. The minimum Gasteiger partial charge on any atom is -0.352 e. The molecule has 1 aromatic heterocycles. The van der Waals surface area contributed by atoms with Gasteiger partial charge in [-0.3, -0.25) is 4.98 Å². The Morgan fingerprint density at radius 3 is 2.70 bits per heavy atom. The predicted octanol–water partition coefficient (Wildman–Crippen LogP) is 2.85. The molecule has 2 rings (SSSR count). The molecule has 1 aliphatic heterocycles. The van der Waals surface area contributed by atoms with Crippen molar-refractivity contribution in [3.63, 3.8) is 0 Å². The molecule has 0 amide bonds. The second kappa shape index (κ2) is 7.02. The topological polar surface area (TPSA) is 41.1 Å². The Hall–Kier alpha value is -1.16. The lowest BCUT2D eigenvalue weighted by atomic mass is 9.86. The molecule has 1 N–H and O–H groups in total. The van der Waals surface area contributed by atoms with Crippen molar-refractivity contribution in [2.45, 2.75) is 53.1 Å². The zero-order valence-electron chi connectivity index (χ0n) is 13.3. The summed E-state index contributed by atoms with van der Waals surface area (Å²) in [6.45, 7) is 12.1. The van der Waals surface area contributed by atoms with Gasteiger partial charge >= 0.3 is 0 Å². The summed E-state index contributed by atoms with van der Waals surface area (Å²) in [5.74, 6) is 2.47. The van der Waals surface area contributed by atoms with Crippen molar-refractivity contribution < 1.29 is 0 Å². The van der Waals surface area contributed by atoms with Crippen molar-refractivity contribution in [1.82, 2.24) is 15.3 Å². The smallest absolute Gasteiger partial charge is 0.147 e. The summed E-state index contributed by atoms with van der Waals surface area (Å²) >= 11 is 0. The number of aromatic nitrogens is 2. The van der Waals surface area contributed by atoms with E-state index >= 15 is 0 Å². The highest BCUT2D eigenvalue weighted by molar-refractivity contribution is 5.38. The maximum Gasteiger partial charge on any atom is 0.147 e. The number of nitrogens with zero attached hydrogens (tertiary/aromatic N) is 3. The molecule has 112 valence electrons. The van der Waals surface area contributed by atoms with Crippen LogP contribution in [0.15, 0.2) is 12.4 Å². The monoisotopic (exact) mass is 276 g/mol. The zero-order valence-corrected chi connectivity index (χ0v) is 13.3. The molecule has 0 aliphatic carbocycles. The van der Waals surface area contributed by atoms with Crippen LogP contribution in [-0.2, 0) is 6.54 Å². The molecular weight excluding hydrogens is 248 g/mol. The van der Waals surface area contributed by atoms with Crippen molar-refractivity contribution >= 4 is 5.82 Å². The van der Waals surface area contributed by atoms with E-state index in [0.717, 1.165) is 43.5 Å². The summed E-state index contributed by atoms with van der Waals surface area (Å²) in [7, 11) is 0. The lowest BCUT2D eigenvalue weighted by Crippen LogP contribution is -2.46. The molecule has 0 radical (unpaired) electrons. The van der Waals surface area contributed by atoms with Gasteiger partial charge in [-0.25, -0.2) is 4.98 Å². The second-order valence-corrected chi connectivity index (χ2v) is 6.25. The largest absolute Gasteiger partial charge is 0.352 e. The molecule has 1 fully saturated rings. The normalized spacial score (nSPS) is 26.8. The third-order valence-electron chi connectivity index (χ3n) is 4.32. The maximum absolute atomic E-state index is 4.62. The third kappa shape index (κ3) is 3.69. The first-order valence-corrected chi connectivity index (χ1v) is 7.90. The van der Waals surface area contributed by atoms with Crippen LogP contribution in [0, 0.1) is 11.8 Å². The van der Waals surface area contributed by atoms with Crippen molar-refractivity contribution in [3.05, 3.63) is 18.1 Å². The highest BCUT2D eigenvalue weighted by Gasteiger charge is 2.29. The Balaban J connectivity index is 2.01. The Bertz CT molecular complexity index is 403. The van der Waals surface area contributed by atoms with Crippen molar-refractivity contribution in [2.24, 2.45) is 11.8 Å². The SMILES string of the molecule is CCCNCc1cnc(N2CC(C)CC(C)C2C)cn1. The van der Waals surface area contributed by atoms with Gasteiger partial charge in [0.25, 0.3) is 0 Å². The molecule has 3 unspecified atom stereocenters. The molecular formula is C16H28N4. The summed E-state index contributed by atoms with van der Waals surface area (Å²) in [6, 6.07) is 0.546. The van der Waals surface area contributed by atoms with E-state index in [-0.39, 0.29) is 0 Å². The number of piperidine rings is 1. The van der Waals surface area contributed by atoms with Gasteiger partial charge in [-0.1, -0.05) is 20.8 Å². The highest BCUT2D eigenvalue weighted by atomic mass is 15.2. The Kier molecular flexibility index (Phi) is 5.35. The van der Waals surface area contributed by atoms with Crippen LogP contribution >= 0.6 is 0 Å². The molecule has 20 heavy (non-hydrogen) atoms. The molecule has 4 heteroatoms. The lowest BCUT2D eigenvalue weighted by molar-refractivity contribution is 0.295. The number of rotatable bonds is 5. The van der Waals surface area contributed by atoms with E-state index < -0.39 is 0 Å². The molecule has 0 spiro atoms. The summed E-state index contributed by atoms with van der Waals surface area (Å²) in [4.78, 5) is 11.6. The van der Waals surface area contributed by atoms with Crippen LogP contribution in [0.25, 0.3) is 0 Å². The van der Waals surface area contributed by atoms with Crippen molar-refractivity contribution in [3.8, 4) is 0 Å². The molecule has 0 bridgehead atoms. The molecule has 4 nitrogen and oxygen atoms in total. The third-order valence-corrected chi connectivity index (χ3v) is 4.32. The Labute approximate surface area is 123 Å². The number of nitrogens with one attached hydrogen (secondary N) is 1. The summed E-state index contributed by atoms with van der Waals surface area (Å²) in [6.07, 6.45) is 6.30. The average Bonchev–Trinajstić information content (AvgIpc) is 2.44. The number of hydrogen-bond acceptors (Lipinski definition) is 4. The van der Waals surface area contributed by atoms with Crippen LogP contribution in [0.4, 0.5) is 5.82 Å². The van der Waals surface area contributed by atoms with E-state index in [9.17, 15) is 0 Å². The van der Waals surface area contributed by atoms with E-state index in [1.54, 1.807) is 0 Å². The first-order valence-electron chi connectivity index (χ1n) is 7.90. The van der Waals surface area contributed by atoms with Crippen LogP contribution < -0.4 is 10.2 Å². The fraction of sp³-hybridized carbons (Fsp3) is 0.750. The summed E-state index contributed by atoms with van der Waals surface area (Å²) in [5, 5.41) is 3.36. The molecule has 2 heterocycles. The minimum atomic E-state index is 0.546. The lowest BCUT2D eigenvalue weighted by Gasteiger charge is -2.41. The summed E-state index contributed by atoms with van der Waals surface area (Å²) in [5.41, 5.74) is 1.02. The quantitative estimate of drug-likeness (QED) is 0.840. The van der Waals surface area contributed by atoms with Gasteiger partial charge in [0, 0.05) is 19.1 Å². The van der Waals surface area contributed by atoms with Gasteiger partial charge in [0.1, 0.15) is 5.82 Å². The standard InChI is InChI=1S/C16H28N4/c1-5-6-17-8-15-9-19-16(10-18-15)20-11-12(2)7-13(3)14(20)4/h9-10,12-14,17H,5-8,11H2,1-4H3. The van der Waals surface area contributed by atoms with Crippen molar-refractivity contribution in [1.29, 1.82) is 0 Å². The molecule has 1 saturated heterocycles. The van der Waals surface area contributed by atoms with Gasteiger partial charge in [-0.15, -0.1) is 0 Å². The Morgan fingerprint density at radius 1 is 1.25 bits per heavy atom. The predicted molar refractivity (Wildman–Crippen MR) is 83.8 cm³/mol. The van der Waals surface area contributed by atoms with E-state index in [1.165, 1.54) is 6.42 Å².